The zero-order valence-electron chi connectivity index (χ0n) is 15.8. The van der Waals surface area contributed by atoms with Gasteiger partial charge in [0, 0.05) is 31.4 Å². The summed E-state index contributed by atoms with van der Waals surface area (Å²) >= 11 is 0. The van der Waals surface area contributed by atoms with Crippen molar-refractivity contribution in [2.75, 3.05) is 18.5 Å². The average Bonchev–Trinajstić information content (AvgIpc) is 2.66. The van der Waals surface area contributed by atoms with Crippen LogP contribution in [0, 0.1) is 0 Å². The second kappa shape index (κ2) is 7.47. The molecule has 1 aliphatic heterocycles. The zero-order valence-corrected chi connectivity index (χ0v) is 15.8. The Balaban J connectivity index is 1.80. The molecule has 0 aliphatic carbocycles. The molecule has 2 aromatic carbocycles. The smallest absolute Gasteiger partial charge is 0.376 e. The summed E-state index contributed by atoms with van der Waals surface area (Å²) in [4.78, 5) is 14.0. The number of aryl methyl sites for hydroxylation is 1. The zero-order chi connectivity index (χ0) is 20.5. The minimum absolute atomic E-state index is 0.132. The van der Waals surface area contributed by atoms with Gasteiger partial charge < -0.3 is 15.3 Å². The van der Waals surface area contributed by atoms with Crippen molar-refractivity contribution >= 4 is 11.6 Å². The Labute approximate surface area is 162 Å². The van der Waals surface area contributed by atoms with Crippen LogP contribution in [0.3, 0.4) is 0 Å². The van der Waals surface area contributed by atoms with Crippen molar-refractivity contribution in [3.8, 4) is 0 Å². The average molecular weight is 392 g/mol. The first-order valence-corrected chi connectivity index (χ1v) is 9.12. The van der Waals surface area contributed by atoms with Gasteiger partial charge in [-0.25, -0.2) is 0 Å². The summed E-state index contributed by atoms with van der Waals surface area (Å²) in [7, 11) is 1.59. The van der Waals surface area contributed by atoms with Crippen molar-refractivity contribution in [3.05, 3.63) is 64.7 Å². The molecule has 150 valence electrons. The first-order chi connectivity index (χ1) is 13.1. The maximum atomic E-state index is 13.0. The van der Waals surface area contributed by atoms with Crippen LogP contribution in [0.5, 0.6) is 0 Å². The fraction of sp³-hybridized carbons (Fsp3) is 0.381. The summed E-state index contributed by atoms with van der Waals surface area (Å²) in [6.45, 7) is 2.13. The van der Waals surface area contributed by atoms with E-state index >= 15 is 0 Å². The number of nitrogens with one attached hydrogen (secondary N) is 1. The predicted molar refractivity (Wildman–Crippen MR) is 101 cm³/mol. The molecule has 0 aromatic heterocycles. The standard InChI is InChI=1S/C21H23F3N2O2/c1-20(28,21(22,23)24)17-8-5-14(6-9-17)13-26-11-3-4-15-12-16(19(27)25-2)7-10-18(15)26/h5-10,12,28H,3-4,11,13H2,1-2H3,(H,25,27). The highest BCUT2D eigenvalue weighted by Gasteiger charge is 2.51. The second-order valence-electron chi connectivity index (χ2n) is 7.21. The van der Waals surface area contributed by atoms with Crippen LogP contribution in [0.15, 0.2) is 42.5 Å². The highest BCUT2D eigenvalue weighted by Crippen LogP contribution is 2.38. The molecule has 1 amide bonds. The number of benzene rings is 2. The highest BCUT2D eigenvalue weighted by molar-refractivity contribution is 5.94. The Bertz CT molecular complexity index is 861. The van der Waals surface area contributed by atoms with Gasteiger partial charge in [0.15, 0.2) is 5.60 Å². The molecule has 0 saturated carbocycles. The fourth-order valence-corrected chi connectivity index (χ4v) is 3.44. The Morgan fingerprint density at radius 3 is 2.46 bits per heavy atom. The number of hydrogen-bond donors (Lipinski definition) is 2. The third-order valence-corrected chi connectivity index (χ3v) is 5.23. The topological polar surface area (TPSA) is 52.6 Å². The van der Waals surface area contributed by atoms with Gasteiger partial charge in [-0.15, -0.1) is 0 Å². The predicted octanol–water partition coefficient (Wildman–Crippen LogP) is 3.77. The number of rotatable bonds is 4. The number of halogens is 3. The van der Waals surface area contributed by atoms with E-state index in [2.05, 4.69) is 10.2 Å². The molecule has 1 atom stereocenters. The molecule has 1 heterocycles. The Kier molecular flexibility index (Phi) is 5.39. The minimum Gasteiger partial charge on any atom is -0.376 e. The quantitative estimate of drug-likeness (QED) is 0.833. The monoisotopic (exact) mass is 392 g/mol. The number of anilines is 1. The molecular weight excluding hydrogens is 369 g/mol. The number of alkyl halides is 3. The number of hydrogen-bond acceptors (Lipinski definition) is 3. The van der Waals surface area contributed by atoms with Crippen molar-refractivity contribution in [3.63, 3.8) is 0 Å². The Morgan fingerprint density at radius 2 is 1.86 bits per heavy atom. The van der Waals surface area contributed by atoms with Crippen molar-refractivity contribution < 1.29 is 23.1 Å². The SMILES string of the molecule is CNC(=O)c1ccc2c(c1)CCCN2Cc1ccc(C(C)(O)C(F)(F)F)cc1. The lowest BCUT2D eigenvalue weighted by Crippen LogP contribution is -2.39. The van der Waals surface area contributed by atoms with Crippen LogP contribution in [0.1, 0.15) is 40.4 Å². The van der Waals surface area contributed by atoms with E-state index in [4.69, 9.17) is 0 Å². The maximum absolute atomic E-state index is 13.0. The second-order valence-corrected chi connectivity index (χ2v) is 7.21. The summed E-state index contributed by atoms with van der Waals surface area (Å²) < 4.78 is 39.0. The van der Waals surface area contributed by atoms with Gasteiger partial charge in [-0.3, -0.25) is 4.79 Å². The van der Waals surface area contributed by atoms with Gasteiger partial charge in [0.05, 0.1) is 0 Å². The number of aliphatic hydroxyl groups is 1. The molecule has 2 N–H and O–H groups in total. The summed E-state index contributed by atoms with van der Waals surface area (Å²) in [5.74, 6) is -0.132. The molecule has 1 unspecified atom stereocenters. The van der Waals surface area contributed by atoms with Crippen LogP contribution >= 0.6 is 0 Å². The van der Waals surface area contributed by atoms with Crippen LogP contribution in [0.2, 0.25) is 0 Å². The van der Waals surface area contributed by atoms with E-state index in [0.29, 0.717) is 12.1 Å². The summed E-state index contributed by atoms with van der Waals surface area (Å²) in [5, 5.41) is 12.4. The van der Waals surface area contributed by atoms with Gasteiger partial charge >= 0.3 is 6.18 Å². The van der Waals surface area contributed by atoms with E-state index in [1.807, 2.05) is 12.1 Å². The van der Waals surface area contributed by atoms with Gasteiger partial charge in [0.1, 0.15) is 0 Å². The number of nitrogens with zero attached hydrogens (tertiary/aromatic N) is 1. The highest BCUT2D eigenvalue weighted by atomic mass is 19.4. The van der Waals surface area contributed by atoms with E-state index in [-0.39, 0.29) is 11.5 Å². The summed E-state index contributed by atoms with van der Waals surface area (Å²) in [6, 6.07) is 11.5. The summed E-state index contributed by atoms with van der Waals surface area (Å²) in [6.07, 6.45) is -2.92. The molecule has 0 fully saturated rings. The van der Waals surface area contributed by atoms with Crippen molar-refractivity contribution in [1.29, 1.82) is 0 Å². The molecule has 2 aromatic rings. The van der Waals surface area contributed by atoms with Crippen molar-refractivity contribution in [2.45, 2.75) is 38.1 Å². The summed E-state index contributed by atoms with van der Waals surface area (Å²) in [5.41, 5.74) is 0.526. The molecule has 0 radical (unpaired) electrons. The van der Waals surface area contributed by atoms with Gasteiger partial charge in [-0.05, 0) is 54.7 Å². The lowest BCUT2D eigenvalue weighted by molar-refractivity contribution is -0.258. The van der Waals surface area contributed by atoms with Crippen LogP contribution in [0.4, 0.5) is 18.9 Å². The third kappa shape index (κ3) is 3.85. The van der Waals surface area contributed by atoms with E-state index in [1.165, 1.54) is 12.1 Å². The van der Waals surface area contributed by atoms with Crippen LogP contribution in [-0.4, -0.2) is 30.8 Å². The Morgan fingerprint density at radius 1 is 1.18 bits per heavy atom. The van der Waals surface area contributed by atoms with Gasteiger partial charge in [0.2, 0.25) is 0 Å². The van der Waals surface area contributed by atoms with Gasteiger partial charge in [-0.1, -0.05) is 24.3 Å². The normalized spacial score (nSPS) is 16.3. The van der Waals surface area contributed by atoms with E-state index in [9.17, 15) is 23.1 Å². The van der Waals surface area contributed by atoms with Crippen LogP contribution in [0.25, 0.3) is 0 Å². The molecule has 3 rings (SSSR count). The fourth-order valence-electron chi connectivity index (χ4n) is 3.44. The molecule has 0 bridgehead atoms. The van der Waals surface area contributed by atoms with Gasteiger partial charge in [-0.2, -0.15) is 13.2 Å². The van der Waals surface area contributed by atoms with Crippen molar-refractivity contribution in [2.24, 2.45) is 0 Å². The minimum atomic E-state index is -4.73. The van der Waals surface area contributed by atoms with E-state index < -0.39 is 11.8 Å². The van der Waals surface area contributed by atoms with E-state index in [0.717, 1.165) is 43.1 Å². The molecular formula is C21H23F3N2O2. The molecule has 28 heavy (non-hydrogen) atoms. The number of carbonyl (C=O) groups excluding carboxylic acids is 1. The molecule has 4 nitrogen and oxygen atoms in total. The Hall–Kier alpha value is -2.54. The third-order valence-electron chi connectivity index (χ3n) is 5.23. The molecule has 0 saturated heterocycles. The lowest BCUT2D eigenvalue weighted by Gasteiger charge is -2.32. The lowest BCUT2D eigenvalue weighted by atomic mass is 9.94. The largest absolute Gasteiger partial charge is 0.421 e. The van der Waals surface area contributed by atoms with Gasteiger partial charge in [0.25, 0.3) is 5.91 Å². The van der Waals surface area contributed by atoms with Crippen molar-refractivity contribution in [1.82, 2.24) is 5.32 Å². The molecule has 0 spiro atoms. The first kappa shape index (κ1) is 20.2. The number of carbonyl (C=O) groups is 1. The number of amides is 1. The van der Waals surface area contributed by atoms with E-state index in [1.54, 1.807) is 25.2 Å². The maximum Gasteiger partial charge on any atom is 0.421 e. The first-order valence-electron chi connectivity index (χ1n) is 9.12. The number of fused-ring (bicyclic) bond motifs is 1. The molecule has 1 aliphatic rings. The molecule has 7 heteroatoms. The van der Waals surface area contributed by atoms with Crippen LogP contribution < -0.4 is 10.2 Å². The van der Waals surface area contributed by atoms with Crippen LogP contribution in [-0.2, 0) is 18.6 Å².